The minimum Gasteiger partial charge on any atom is -0.497 e. The zero-order valence-electron chi connectivity index (χ0n) is 18.4. The van der Waals surface area contributed by atoms with Gasteiger partial charge >= 0.3 is 0 Å². The molecule has 0 spiro atoms. The first-order valence-corrected chi connectivity index (χ1v) is 11.2. The van der Waals surface area contributed by atoms with Gasteiger partial charge < -0.3 is 14.8 Å². The van der Waals surface area contributed by atoms with E-state index >= 15 is 0 Å². The Bertz CT molecular complexity index is 1220. The molecule has 168 valence electrons. The lowest BCUT2D eigenvalue weighted by molar-refractivity contribution is 0.102. The summed E-state index contributed by atoms with van der Waals surface area (Å²) in [6, 6.07) is 23.0. The second-order valence-electron chi connectivity index (χ2n) is 7.62. The first kappa shape index (κ1) is 22.6. The van der Waals surface area contributed by atoms with E-state index in [0.717, 1.165) is 27.1 Å². The average Bonchev–Trinajstić information content (AvgIpc) is 3.18. The zero-order chi connectivity index (χ0) is 23.2. The molecule has 0 unspecified atom stereocenters. The summed E-state index contributed by atoms with van der Waals surface area (Å²) in [6.45, 7) is 3.09. The number of rotatable bonds is 8. The van der Waals surface area contributed by atoms with Crippen LogP contribution in [-0.4, -0.2) is 22.8 Å². The van der Waals surface area contributed by atoms with Gasteiger partial charge in [0.25, 0.3) is 5.91 Å². The Balaban J connectivity index is 1.34. The van der Waals surface area contributed by atoms with Crippen LogP contribution in [0.4, 0.5) is 5.82 Å². The molecule has 0 fully saturated rings. The molecule has 0 bridgehead atoms. The third kappa shape index (κ3) is 6.02. The van der Waals surface area contributed by atoms with Crippen molar-refractivity contribution in [3.8, 4) is 11.5 Å². The highest BCUT2D eigenvalue weighted by Gasteiger charge is 2.12. The van der Waals surface area contributed by atoms with E-state index in [9.17, 15) is 4.79 Å². The van der Waals surface area contributed by atoms with Gasteiger partial charge in [0.15, 0.2) is 5.82 Å². The molecule has 0 aliphatic heterocycles. The molecule has 1 heterocycles. The second kappa shape index (κ2) is 10.4. The molecular formula is C26H24BrN3O3. The maximum Gasteiger partial charge on any atom is 0.256 e. The largest absolute Gasteiger partial charge is 0.497 e. The van der Waals surface area contributed by atoms with Crippen molar-refractivity contribution in [3.05, 3.63) is 106 Å². The van der Waals surface area contributed by atoms with Crippen molar-refractivity contribution in [1.82, 2.24) is 9.78 Å². The number of aryl methyl sites for hydroxylation is 1. The maximum absolute atomic E-state index is 12.7. The van der Waals surface area contributed by atoms with Crippen LogP contribution in [0.3, 0.4) is 0 Å². The number of aromatic nitrogens is 2. The van der Waals surface area contributed by atoms with Gasteiger partial charge in [-0.05, 0) is 70.4 Å². The summed E-state index contributed by atoms with van der Waals surface area (Å²) in [5.41, 5.74) is 3.86. The maximum atomic E-state index is 12.7. The minimum atomic E-state index is -0.223. The molecule has 0 radical (unpaired) electrons. The van der Waals surface area contributed by atoms with Crippen molar-refractivity contribution in [2.24, 2.45) is 0 Å². The van der Waals surface area contributed by atoms with E-state index in [2.05, 4.69) is 57.5 Å². The molecule has 1 N–H and O–H groups in total. The van der Waals surface area contributed by atoms with Crippen LogP contribution in [-0.2, 0) is 13.2 Å². The van der Waals surface area contributed by atoms with Gasteiger partial charge in [-0.25, -0.2) is 0 Å². The van der Waals surface area contributed by atoms with Gasteiger partial charge in [-0.3, -0.25) is 9.48 Å². The highest BCUT2D eigenvalue weighted by Crippen LogP contribution is 2.22. The minimum absolute atomic E-state index is 0.223. The van der Waals surface area contributed by atoms with Gasteiger partial charge in [0, 0.05) is 11.8 Å². The Labute approximate surface area is 201 Å². The van der Waals surface area contributed by atoms with Crippen LogP contribution in [0.2, 0.25) is 0 Å². The van der Waals surface area contributed by atoms with Gasteiger partial charge in [0.05, 0.1) is 18.1 Å². The number of methoxy groups -OCH3 is 1. The smallest absolute Gasteiger partial charge is 0.256 e. The van der Waals surface area contributed by atoms with Crippen LogP contribution in [0.5, 0.6) is 11.5 Å². The quantitative estimate of drug-likeness (QED) is 0.326. The fourth-order valence-electron chi connectivity index (χ4n) is 3.21. The highest BCUT2D eigenvalue weighted by atomic mass is 79.9. The molecule has 33 heavy (non-hydrogen) atoms. The Morgan fingerprint density at radius 3 is 2.24 bits per heavy atom. The monoisotopic (exact) mass is 505 g/mol. The lowest BCUT2D eigenvalue weighted by atomic mass is 10.1. The normalized spacial score (nSPS) is 10.6. The lowest BCUT2D eigenvalue weighted by Gasteiger charge is -2.08. The number of anilines is 1. The van der Waals surface area contributed by atoms with E-state index in [0.29, 0.717) is 24.5 Å². The molecular weight excluding hydrogens is 482 g/mol. The van der Waals surface area contributed by atoms with Gasteiger partial charge in [-0.15, -0.1) is 0 Å². The van der Waals surface area contributed by atoms with Crippen LogP contribution in [0, 0.1) is 6.92 Å². The summed E-state index contributed by atoms with van der Waals surface area (Å²) < 4.78 is 13.5. The summed E-state index contributed by atoms with van der Waals surface area (Å²) >= 11 is 3.48. The SMILES string of the molecule is COc1ccc(OCc2ccc(C(=O)Nc3nn(Cc4ccc(C)cc4)cc3Br)cc2)cc1. The molecule has 4 rings (SSSR count). The number of hydrogen-bond donors (Lipinski definition) is 1. The first-order valence-electron chi connectivity index (χ1n) is 10.5. The first-order chi connectivity index (χ1) is 16.0. The third-order valence-corrected chi connectivity index (χ3v) is 5.68. The summed E-state index contributed by atoms with van der Waals surface area (Å²) in [5.74, 6) is 1.80. The van der Waals surface area contributed by atoms with Gasteiger partial charge in [0.1, 0.15) is 18.1 Å². The summed E-state index contributed by atoms with van der Waals surface area (Å²) in [7, 11) is 1.63. The fraction of sp³-hybridized carbons (Fsp3) is 0.154. The number of nitrogens with one attached hydrogen (secondary N) is 1. The van der Waals surface area contributed by atoms with Crippen LogP contribution < -0.4 is 14.8 Å². The van der Waals surface area contributed by atoms with Crippen molar-refractivity contribution in [2.75, 3.05) is 12.4 Å². The van der Waals surface area contributed by atoms with Crippen molar-refractivity contribution in [3.63, 3.8) is 0 Å². The van der Waals surface area contributed by atoms with E-state index in [1.165, 1.54) is 5.56 Å². The Hall–Kier alpha value is -3.58. The predicted molar refractivity (Wildman–Crippen MR) is 132 cm³/mol. The standard InChI is InChI=1S/C26H24BrN3O3/c1-18-3-5-19(6-4-18)15-30-16-24(27)25(29-30)28-26(31)21-9-7-20(8-10-21)17-33-23-13-11-22(32-2)12-14-23/h3-14,16H,15,17H2,1-2H3,(H,28,29,31). The van der Waals surface area contributed by atoms with Crippen LogP contribution in [0.15, 0.2) is 83.5 Å². The molecule has 1 aromatic heterocycles. The third-order valence-electron chi connectivity index (χ3n) is 5.10. The van der Waals surface area contributed by atoms with Crippen molar-refractivity contribution in [1.29, 1.82) is 0 Å². The molecule has 3 aromatic carbocycles. The lowest BCUT2D eigenvalue weighted by Crippen LogP contribution is -2.13. The number of ether oxygens (including phenoxy) is 2. The van der Waals surface area contributed by atoms with E-state index in [1.54, 1.807) is 23.9 Å². The molecule has 0 aliphatic carbocycles. The molecule has 6 nitrogen and oxygen atoms in total. The zero-order valence-corrected chi connectivity index (χ0v) is 20.0. The number of nitrogens with zero attached hydrogens (tertiary/aromatic N) is 2. The molecule has 0 saturated carbocycles. The average molecular weight is 506 g/mol. The van der Waals surface area contributed by atoms with Crippen molar-refractivity contribution >= 4 is 27.7 Å². The number of hydrogen-bond acceptors (Lipinski definition) is 4. The number of amides is 1. The molecule has 0 atom stereocenters. The molecule has 0 saturated heterocycles. The molecule has 1 amide bonds. The Morgan fingerprint density at radius 2 is 1.58 bits per heavy atom. The number of halogens is 1. The summed E-state index contributed by atoms with van der Waals surface area (Å²) in [4.78, 5) is 12.7. The second-order valence-corrected chi connectivity index (χ2v) is 8.48. The van der Waals surface area contributed by atoms with E-state index < -0.39 is 0 Å². The van der Waals surface area contributed by atoms with Gasteiger partial charge in [-0.2, -0.15) is 5.10 Å². The molecule has 4 aromatic rings. The summed E-state index contributed by atoms with van der Waals surface area (Å²) in [6.07, 6.45) is 1.86. The van der Waals surface area contributed by atoms with Crippen LogP contribution in [0.25, 0.3) is 0 Å². The fourth-order valence-corrected chi connectivity index (χ4v) is 3.63. The van der Waals surface area contributed by atoms with Crippen molar-refractivity contribution < 1.29 is 14.3 Å². The highest BCUT2D eigenvalue weighted by molar-refractivity contribution is 9.10. The molecule has 7 heteroatoms. The van der Waals surface area contributed by atoms with Crippen molar-refractivity contribution in [2.45, 2.75) is 20.1 Å². The number of benzene rings is 3. The Morgan fingerprint density at radius 1 is 0.939 bits per heavy atom. The number of carbonyl (C=O) groups excluding carboxylic acids is 1. The number of carbonyl (C=O) groups is 1. The Kier molecular flexibility index (Phi) is 7.10. The predicted octanol–water partition coefficient (Wildman–Crippen LogP) is 5.84. The van der Waals surface area contributed by atoms with E-state index in [4.69, 9.17) is 9.47 Å². The summed E-state index contributed by atoms with van der Waals surface area (Å²) in [5, 5.41) is 7.36. The topological polar surface area (TPSA) is 65.4 Å². The van der Waals surface area contributed by atoms with Crippen LogP contribution in [0.1, 0.15) is 27.0 Å². The molecule has 0 aliphatic rings. The van der Waals surface area contributed by atoms with Gasteiger partial charge in [-0.1, -0.05) is 42.0 Å². The van der Waals surface area contributed by atoms with E-state index in [-0.39, 0.29) is 5.91 Å². The van der Waals surface area contributed by atoms with Crippen LogP contribution >= 0.6 is 15.9 Å². The van der Waals surface area contributed by atoms with Gasteiger partial charge in [0.2, 0.25) is 0 Å². The van der Waals surface area contributed by atoms with E-state index in [1.807, 2.05) is 42.6 Å².